The summed E-state index contributed by atoms with van der Waals surface area (Å²) in [6.45, 7) is 4.33. The summed E-state index contributed by atoms with van der Waals surface area (Å²) in [5.41, 5.74) is 8.25. The average Bonchev–Trinajstić information content (AvgIpc) is 2.46. The van der Waals surface area contributed by atoms with E-state index in [-0.39, 0.29) is 5.97 Å². The van der Waals surface area contributed by atoms with Crippen molar-refractivity contribution in [1.82, 2.24) is 0 Å². The molecule has 0 amide bonds. The van der Waals surface area contributed by atoms with Crippen LogP contribution in [0.4, 0.5) is 11.4 Å². The van der Waals surface area contributed by atoms with Gasteiger partial charge in [-0.25, -0.2) is 4.79 Å². The van der Waals surface area contributed by atoms with Crippen LogP contribution in [0.3, 0.4) is 0 Å². The van der Waals surface area contributed by atoms with E-state index in [1.807, 2.05) is 6.07 Å². The molecular formula is C15H22N2O2. The van der Waals surface area contributed by atoms with Crippen molar-refractivity contribution in [2.75, 3.05) is 30.8 Å². The lowest BCUT2D eigenvalue weighted by molar-refractivity contribution is 0.0601. The number of hydrogen-bond acceptors (Lipinski definition) is 4. The number of esters is 1. The lowest BCUT2D eigenvalue weighted by atomic mass is 9.94. The molecule has 1 aliphatic heterocycles. The average molecular weight is 262 g/mol. The summed E-state index contributed by atoms with van der Waals surface area (Å²) in [7, 11) is 1.38. The van der Waals surface area contributed by atoms with Crippen LogP contribution >= 0.6 is 0 Å². The van der Waals surface area contributed by atoms with Crippen LogP contribution in [0.5, 0.6) is 0 Å². The summed E-state index contributed by atoms with van der Waals surface area (Å²) in [5.74, 6) is 0.495. The zero-order valence-corrected chi connectivity index (χ0v) is 11.7. The van der Waals surface area contributed by atoms with Crippen molar-refractivity contribution in [1.29, 1.82) is 0 Å². The number of carbonyl (C=O) groups excluding carboxylic acids is 1. The third-order valence-electron chi connectivity index (χ3n) is 3.98. The lowest BCUT2D eigenvalue weighted by Crippen LogP contribution is -2.34. The number of nitrogens with zero attached hydrogens (tertiary/aromatic N) is 1. The van der Waals surface area contributed by atoms with Gasteiger partial charge in [0.25, 0.3) is 0 Å². The van der Waals surface area contributed by atoms with Crippen molar-refractivity contribution in [3.63, 3.8) is 0 Å². The molecule has 104 valence electrons. The molecule has 0 aromatic heterocycles. The van der Waals surface area contributed by atoms with E-state index in [2.05, 4.69) is 11.8 Å². The molecule has 0 aliphatic carbocycles. The highest BCUT2D eigenvalue weighted by atomic mass is 16.5. The van der Waals surface area contributed by atoms with Crippen LogP contribution in [0.15, 0.2) is 18.2 Å². The first-order chi connectivity index (χ1) is 9.15. The molecule has 1 saturated heterocycles. The molecule has 0 radical (unpaired) electrons. The van der Waals surface area contributed by atoms with Crippen molar-refractivity contribution < 1.29 is 9.53 Å². The first kappa shape index (κ1) is 13.7. The highest BCUT2D eigenvalue weighted by Crippen LogP contribution is 2.29. The number of ether oxygens (including phenoxy) is 1. The third-order valence-corrected chi connectivity index (χ3v) is 3.98. The Morgan fingerprint density at radius 1 is 1.42 bits per heavy atom. The number of carbonyl (C=O) groups is 1. The molecule has 1 fully saturated rings. The molecule has 1 aliphatic rings. The number of methoxy groups -OCH3 is 1. The summed E-state index contributed by atoms with van der Waals surface area (Å²) >= 11 is 0. The van der Waals surface area contributed by atoms with E-state index in [4.69, 9.17) is 10.5 Å². The van der Waals surface area contributed by atoms with Crippen LogP contribution < -0.4 is 10.6 Å². The van der Waals surface area contributed by atoms with Gasteiger partial charge in [0, 0.05) is 13.1 Å². The number of piperidine rings is 1. The van der Waals surface area contributed by atoms with E-state index in [0.717, 1.165) is 24.7 Å². The predicted octanol–water partition coefficient (Wildman–Crippen LogP) is 2.68. The lowest BCUT2D eigenvalue weighted by Gasteiger charge is -2.34. The second-order valence-corrected chi connectivity index (χ2v) is 5.10. The molecule has 0 bridgehead atoms. The van der Waals surface area contributed by atoms with Crippen molar-refractivity contribution in [3.05, 3.63) is 23.8 Å². The minimum atomic E-state index is -0.344. The fourth-order valence-corrected chi connectivity index (χ4v) is 2.67. The first-order valence-corrected chi connectivity index (χ1v) is 6.88. The van der Waals surface area contributed by atoms with Gasteiger partial charge in [0.2, 0.25) is 0 Å². The molecular weight excluding hydrogens is 240 g/mol. The Hall–Kier alpha value is -1.71. The molecule has 0 spiro atoms. The molecule has 1 heterocycles. The zero-order valence-electron chi connectivity index (χ0n) is 11.7. The van der Waals surface area contributed by atoms with E-state index >= 15 is 0 Å². The Balaban J connectivity index is 2.11. The Labute approximate surface area is 114 Å². The molecule has 1 aromatic carbocycles. The highest BCUT2D eigenvalue weighted by Gasteiger charge is 2.20. The summed E-state index contributed by atoms with van der Waals surface area (Å²) in [4.78, 5) is 13.8. The number of benzene rings is 1. The molecule has 0 unspecified atom stereocenters. The van der Waals surface area contributed by atoms with Gasteiger partial charge in [0.1, 0.15) is 0 Å². The van der Waals surface area contributed by atoms with Crippen LogP contribution in [0.1, 0.15) is 36.5 Å². The molecule has 4 heteroatoms. The van der Waals surface area contributed by atoms with Crippen molar-refractivity contribution in [2.45, 2.75) is 26.2 Å². The van der Waals surface area contributed by atoms with Gasteiger partial charge >= 0.3 is 5.97 Å². The van der Waals surface area contributed by atoms with Crippen LogP contribution in [-0.2, 0) is 4.74 Å². The fourth-order valence-electron chi connectivity index (χ4n) is 2.67. The fraction of sp³-hybridized carbons (Fsp3) is 0.533. The Morgan fingerprint density at radius 3 is 2.63 bits per heavy atom. The van der Waals surface area contributed by atoms with Crippen molar-refractivity contribution in [3.8, 4) is 0 Å². The Bertz CT molecular complexity index is 451. The maximum atomic E-state index is 11.4. The maximum absolute atomic E-state index is 11.4. The molecule has 19 heavy (non-hydrogen) atoms. The topological polar surface area (TPSA) is 55.6 Å². The van der Waals surface area contributed by atoms with Gasteiger partial charge in [-0.05, 0) is 37.0 Å². The quantitative estimate of drug-likeness (QED) is 0.672. The number of anilines is 2. The summed E-state index contributed by atoms with van der Waals surface area (Å²) < 4.78 is 4.70. The van der Waals surface area contributed by atoms with Crippen molar-refractivity contribution >= 4 is 17.3 Å². The molecule has 0 saturated carbocycles. The second-order valence-electron chi connectivity index (χ2n) is 5.10. The zero-order chi connectivity index (χ0) is 13.8. The van der Waals surface area contributed by atoms with Crippen LogP contribution in [0.25, 0.3) is 0 Å². The van der Waals surface area contributed by atoms with E-state index in [0.29, 0.717) is 11.3 Å². The van der Waals surface area contributed by atoms with Gasteiger partial charge < -0.3 is 15.4 Å². The molecule has 4 nitrogen and oxygen atoms in total. The van der Waals surface area contributed by atoms with E-state index in [1.165, 1.54) is 26.4 Å². The van der Waals surface area contributed by atoms with Gasteiger partial charge in [0.05, 0.1) is 24.0 Å². The summed E-state index contributed by atoms with van der Waals surface area (Å²) in [5, 5.41) is 0. The Kier molecular flexibility index (Phi) is 4.30. The largest absolute Gasteiger partial charge is 0.465 e. The molecule has 2 N–H and O–H groups in total. The monoisotopic (exact) mass is 262 g/mol. The van der Waals surface area contributed by atoms with Gasteiger partial charge in [-0.1, -0.05) is 13.3 Å². The summed E-state index contributed by atoms with van der Waals surface area (Å²) in [6, 6.07) is 5.41. The van der Waals surface area contributed by atoms with Crippen LogP contribution in [-0.4, -0.2) is 26.2 Å². The van der Waals surface area contributed by atoms with Gasteiger partial charge in [-0.3, -0.25) is 0 Å². The van der Waals surface area contributed by atoms with Crippen molar-refractivity contribution in [2.24, 2.45) is 5.92 Å². The van der Waals surface area contributed by atoms with Gasteiger partial charge in [-0.15, -0.1) is 0 Å². The normalized spacial score (nSPS) is 16.4. The van der Waals surface area contributed by atoms with E-state index in [9.17, 15) is 4.79 Å². The number of hydrogen-bond donors (Lipinski definition) is 1. The van der Waals surface area contributed by atoms with Crippen LogP contribution in [0, 0.1) is 5.92 Å². The predicted molar refractivity (Wildman–Crippen MR) is 77.4 cm³/mol. The molecule has 1 aromatic rings. The maximum Gasteiger partial charge on any atom is 0.337 e. The smallest absolute Gasteiger partial charge is 0.337 e. The Morgan fingerprint density at radius 2 is 2.11 bits per heavy atom. The minimum absolute atomic E-state index is 0.344. The SMILES string of the molecule is CCC1CCN(c2ccc(C(=O)OC)cc2N)CC1. The van der Waals surface area contributed by atoms with E-state index in [1.54, 1.807) is 12.1 Å². The number of rotatable bonds is 3. The van der Waals surface area contributed by atoms with E-state index < -0.39 is 0 Å². The second kappa shape index (κ2) is 5.95. The standard InChI is InChI=1S/C15H22N2O2/c1-3-11-6-8-17(9-7-11)14-5-4-12(10-13(14)16)15(18)19-2/h4-5,10-11H,3,6-9,16H2,1-2H3. The van der Waals surface area contributed by atoms with Gasteiger partial charge in [-0.2, -0.15) is 0 Å². The third kappa shape index (κ3) is 3.00. The van der Waals surface area contributed by atoms with Gasteiger partial charge in [0.15, 0.2) is 0 Å². The minimum Gasteiger partial charge on any atom is -0.465 e. The number of nitrogens with two attached hydrogens (primary N) is 1. The summed E-state index contributed by atoms with van der Waals surface area (Å²) in [6.07, 6.45) is 3.69. The molecule has 2 rings (SSSR count). The first-order valence-electron chi connectivity index (χ1n) is 6.88. The molecule has 0 atom stereocenters. The number of nitrogen functional groups attached to an aromatic ring is 1. The highest BCUT2D eigenvalue weighted by molar-refractivity contribution is 5.91. The van der Waals surface area contributed by atoms with Crippen LogP contribution in [0.2, 0.25) is 0 Å².